The third kappa shape index (κ3) is 4.52. The number of nitrogens with zero attached hydrogens (tertiary/aromatic N) is 4. The van der Waals surface area contributed by atoms with Gasteiger partial charge in [0.05, 0.1) is 0 Å². The van der Waals surface area contributed by atoms with E-state index in [2.05, 4.69) is 39.3 Å². The molecule has 2 heterocycles. The Balaban J connectivity index is 1.42. The lowest BCUT2D eigenvalue weighted by molar-refractivity contribution is -0.132. The summed E-state index contributed by atoms with van der Waals surface area (Å²) in [6.45, 7) is 5.90. The highest BCUT2D eigenvalue weighted by molar-refractivity contribution is 5.77. The SMILES string of the molecule is Cc1noc(CC(=O)N2CCN(C/C=C/c3ccccc3)CC2)n1. The van der Waals surface area contributed by atoms with E-state index >= 15 is 0 Å². The average molecular weight is 326 g/mol. The molecule has 0 bridgehead atoms. The van der Waals surface area contributed by atoms with E-state index in [9.17, 15) is 4.79 Å². The molecule has 0 atom stereocenters. The van der Waals surface area contributed by atoms with Crippen LogP contribution in [-0.4, -0.2) is 58.6 Å². The minimum absolute atomic E-state index is 0.0538. The zero-order valence-electron chi connectivity index (χ0n) is 13.9. The Morgan fingerprint density at radius 3 is 2.62 bits per heavy atom. The lowest BCUT2D eigenvalue weighted by Gasteiger charge is -2.34. The maximum atomic E-state index is 12.2. The van der Waals surface area contributed by atoms with E-state index in [1.54, 1.807) is 6.92 Å². The molecule has 1 aromatic heterocycles. The fraction of sp³-hybridized carbons (Fsp3) is 0.389. The molecule has 0 saturated carbocycles. The van der Waals surface area contributed by atoms with Gasteiger partial charge in [-0.2, -0.15) is 4.98 Å². The van der Waals surface area contributed by atoms with E-state index < -0.39 is 0 Å². The Labute approximate surface area is 141 Å². The number of carbonyl (C=O) groups excluding carboxylic acids is 1. The minimum Gasteiger partial charge on any atom is -0.340 e. The monoisotopic (exact) mass is 326 g/mol. The second kappa shape index (κ2) is 7.88. The molecule has 0 aliphatic carbocycles. The first-order valence-electron chi connectivity index (χ1n) is 8.21. The van der Waals surface area contributed by atoms with Crippen LogP contribution in [0.1, 0.15) is 17.3 Å². The summed E-state index contributed by atoms with van der Waals surface area (Å²) in [5, 5.41) is 3.71. The second-order valence-electron chi connectivity index (χ2n) is 5.91. The highest BCUT2D eigenvalue weighted by Crippen LogP contribution is 2.07. The number of benzene rings is 1. The Kier molecular flexibility index (Phi) is 5.38. The molecule has 24 heavy (non-hydrogen) atoms. The number of aryl methyl sites for hydroxylation is 1. The van der Waals surface area contributed by atoms with E-state index in [0.717, 1.165) is 32.7 Å². The molecule has 2 aromatic rings. The Morgan fingerprint density at radius 2 is 1.96 bits per heavy atom. The molecular formula is C18H22N4O2. The molecule has 1 saturated heterocycles. The zero-order valence-corrected chi connectivity index (χ0v) is 13.9. The second-order valence-corrected chi connectivity index (χ2v) is 5.91. The van der Waals surface area contributed by atoms with Gasteiger partial charge >= 0.3 is 0 Å². The number of aromatic nitrogens is 2. The van der Waals surface area contributed by atoms with Gasteiger partial charge in [-0.3, -0.25) is 9.69 Å². The molecule has 6 nitrogen and oxygen atoms in total. The van der Waals surface area contributed by atoms with Crippen molar-refractivity contribution in [2.75, 3.05) is 32.7 Å². The number of hydrogen-bond acceptors (Lipinski definition) is 5. The smallest absolute Gasteiger partial charge is 0.236 e. The average Bonchev–Trinajstić information content (AvgIpc) is 3.01. The Hall–Kier alpha value is -2.47. The van der Waals surface area contributed by atoms with Crippen LogP contribution in [-0.2, 0) is 11.2 Å². The first kappa shape index (κ1) is 16.4. The van der Waals surface area contributed by atoms with Gasteiger partial charge in [-0.05, 0) is 12.5 Å². The van der Waals surface area contributed by atoms with Crippen LogP contribution in [0, 0.1) is 6.92 Å². The van der Waals surface area contributed by atoms with Crippen molar-refractivity contribution >= 4 is 12.0 Å². The van der Waals surface area contributed by atoms with Crippen LogP contribution in [0.25, 0.3) is 6.08 Å². The van der Waals surface area contributed by atoms with E-state index in [1.165, 1.54) is 5.56 Å². The number of hydrogen-bond donors (Lipinski definition) is 0. The van der Waals surface area contributed by atoms with Crippen molar-refractivity contribution in [2.45, 2.75) is 13.3 Å². The molecule has 0 unspecified atom stereocenters. The van der Waals surface area contributed by atoms with Gasteiger partial charge < -0.3 is 9.42 Å². The summed E-state index contributed by atoms with van der Waals surface area (Å²) >= 11 is 0. The standard InChI is InChI=1S/C18H22N4O2/c1-15-19-17(24-20-15)14-18(23)22-12-10-21(11-13-22)9-5-8-16-6-3-2-4-7-16/h2-8H,9-14H2,1H3/b8-5+. The molecule has 0 N–H and O–H groups in total. The summed E-state index contributed by atoms with van der Waals surface area (Å²) in [5.41, 5.74) is 1.21. The van der Waals surface area contributed by atoms with E-state index in [-0.39, 0.29) is 12.3 Å². The van der Waals surface area contributed by atoms with Crippen molar-refractivity contribution in [2.24, 2.45) is 0 Å². The summed E-state index contributed by atoms with van der Waals surface area (Å²) in [6, 6.07) is 10.3. The van der Waals surface area contributed by atoms with Gasteiger partial charge in [-0.1, -0.05) is 47.6 Å². The molecule has 126 valence electrons. The van der Waals surface area contributed by atoms with Crippen LogP contribution in [0.5, 0.6) is 0 Å². The van der Waals surface area contributed by atoms with Crippen LogP contribution in [0.2, 0.25) is 0 Å². The molecule has 1 aromatic carbocycles. The molecule has 1 fully saturated rings. The fourth-order valence-electron chi connectivity index (χ4n) is 2.73. The molecule has 0 radical (unpaired) electrons. The zero-order chi connectivity index (χ0) is 16.8. The van der Waals surface area contributed by atoms with Gasteiger partial charge in [-0.25, -0.2) is 0 Å². The van der Waals surface area contributed by atoms with Crippen LogP contribution in [0.15, 0.2) is 40.9 Å². The van der Waals surface area contributed by atoms with Crippen molar-refractivity contribution in [3.05, 3.63) is 53.7 Å². The highest BCUT2D eigenvalue weighted by Gasteiger charge is 2.22. The molecule has 1 amide bonds. The predicted octanol–water partition coefficient (Wildman–Crippen LogP) is 1.78. The quantitative estimate of drug-likeness (QED) is 0.838. The van der Waals surface area contributed by atoms with Crippen molar-refractivity contribution in [3.63, 3.8) is 0 Å². The first-order valence-corrected chi connectivity index (χ1v) is 8.21. The lowest BCUT2D eigenvalue weighted by Crippen LogP contribution is -2.49. The number of rotatable bonds is 5. The predicted molar refractivity (Wildman–Crippen MR) is 91.2 cm³/mol. The summed E-state index contributed by atoms with van der Waals surface area (Å²) in [7, 11) is 0. The van der Waals surface area contributed by atoms with Gasteiger partial charge in [0.25, 0.3) is 0 Å². The molecule has 1 aliphatic rings. The summed E-state index contributed by atoms with van der Waals surface area (Å²) in [5.74, 6) is 1.01. The maximum absolute atomic E-state index is 12.2. The van der Waals surface area contributed by atoms with Crippen LogP contribution >= 0.6 is 0 Å². The van der Waals surface area contributed by atoms with E-state index in [4.69, 9.17) is 4.52 Å². The number of amides is 1. The summed E-state index contributed by atoms with van der Waals surface area (Å²) in [6.07, 6.45) is 4.50. The van der Waals surface area contributed by atoms with Gasteiger partial charge in [0.15, 0.2) is 5.82 Å². The Bertz CT molecular complexity index is 688. The fourth-order valence-corrected chi connectivity index (χ4v) is 2.73. The van der Waals surface area contributed by atoms with Gasteiger partial charge in [-0.15, -0.1) is 0 Å². The largest absolute Gasteiger partial charge is 0.340 e. The summed E-state index contributed by atoms with van der Waals surface area (Å²) in [4.78, 5) is 20.6. The van der Waals surface area contributed by atoms with Crippen LogP contribution in [0.4, 0.5) is 0 Å². The lowest BCUT2D eigenvalue weighted by atomic mass is 10.2. The topological polar surface area (TPSA) is 62.5 Å². The van der Waals surface area contributed by atoms with Gasteiger partial charge in [0, 0.05) is 32.7 Å². The van der Waals surface area contributed by atoms with Crippen molar-refractivity contribution in [1.29, 1.82) is 0 Å². The normalized spacial score (nSPS) is 16.0. The molecule has 1 aliphatic heterocycles. The molecule has 3 rings (SSSR count). The van der Waals surface area contributed by atoms with E-state index in [0.29, 0.717) is 11.7 Å². The third-order valence-electron chi connectivity index (χ3n) is 4.07. The van der Waals surface area contributed by atoms with Crippen molar-refractivity contribution in [1.82, 2.24) is 19.9 Å². The Morgan fingerprint density at radius 1 is 1.21 bits per heavy atom. The number of carbonyl (C=O) groups is 1. The summed E-state index contributed by atoms with van der Waals surface area (Å²) < 4.78 is 5.01. The highest BCUT2D eigenvalue weighted by atomic mass is 16.5. The minimum atomic E-state index is 0.0538. The molecule has 0 spiro atoms. The van der Waals surface area contributed by atoms with Crippen LogP contribution in [0.3, 0.4) is 0 Å². The van der Waals surface area contributed by atoms with Gasteiger partial charge in [0.1, 0.15) is 6.42 Å². The maximum Gasteiger partial charge on any atom is 0.236 e. The van der Waals surface area contributed by atoms with Crippen molar-refractivity contribution < 1.29 is 9.32 Å². The molecule has 6 heteroatoms. The van der Waals surface area contributed by atoms with Gasteiger partial charge in [0.2, 0.25) is 11.8 Å². The first-order chi connectivity index (χ1) is 11.7. The number of piperazine rings is 1. The molecular weight excluding hydrogens is 304 g/mol. The third-order valence-corrected chi connectivity index (χ3v) is 4.07. The van der Waals surface area contributed by atoms with Crippen LogP contribution < -0.4 is 0 Å². The van der Waals surface area contributed by atoms with E-state index in [1.807, 2.05) is 23.1 Å². The van der Waals surface area contributed by atoms with Crippen molar-refractivity contribution in [3.8, 4) is 0 Å².